The second-order valence-electron chi connectivity index (χ2n) is 5.47. The van der Waals surface area contributed by atoms with Crippen LogP contribution in [0.4, 0.5) is 5.69 Å². The predicted molar refractivity (Wildman–Crippen MR) is 79.6 cm³/mol. The number of benzene rings is 1. The molecule has 0 spiro atoms. The summed E-state index contributed by atoms with van der Waals surface area (Å²) < 4.78 is 5.04. The van der Waals surface area contributed by atoms with Gasteiger partial charge >= 0.3 is 5.97 Å². The van der Waals surface area contributed by atoms with Gasteiger partial charge in [-0.1, -0.05) is 18.5 Å². The first-order valence-electron chi connectivity index (χ1n) is 6.79. The molecule has 1 amide bonds. The maximum absolute atomic E-state index is 12.3. The van der Waals surface area contributed by atoms with E-state index in [9.17, 15) is 14.7 Å². The van der Waals surface area contributed by atoms with E-state index in [0.717, 1.165) is 0 Å². The fourth-order valence-electron chi connectivity index (χ4n) is 2.83. The van der Waals surface area contributed by atoms with Gasteiger partial charge in [-0.25, -0.2) is 0 Å². The van der Waals surface area contributed by atoms with Crippen LogP contribution in [0.1, 0.15) is 19.8 Å². The number of carboxylic acids is 1. The third-order valence-electron chi connectivity index (χ3n) is 3.87. The highest BCUT2D eigenvalue weighted by molar-refractivity contribution is 6.32. The summed E-state index contributed by atoms with van der Waals surface area (Å²) in [6.07, 6.45) is 1.13. The highest BCUT2D eigenvalue weighted by atomic mass is 35.5. The van der Waals surface area contributed by atoms with Crippen LogP contribution >= 0.6 is 11.6 Å². The highest BCUT2D eigenvalue weighted by Crippen LogP contribution is 2.37. The lowest BCUT2D eigenvalue weighted by Gasteiger charge is -2.16. The number of anilines is 1. The molecule has 2 rings (SSSR count). The summed E-state index contributed by atoms with van der Waals surface area (Å²) in [5.41, 5.74) is 0.537. The zero-order valence-electron chi connectivity index (χ0n) is 11.9. The van der Waals surface area contributed by atoms with Crippen LogP contribution in [0.15, 0.2) is 18.2 Å². The van der Waals surface area contributed by atoms with E-state index in [2.05, 4.69) is 5.32 Å². The maximum Gasteiger partial charge on any atom is 0.307 e. The standard InChI is InChI=1S/C15H18ClNO4/c1-8-5-10(11(6-8)15(19)20)14(18)17-9-3-4-13(21-2)12(16)7-9/h3-4,7-8,10-11H,5-6H2,1-2H3,(H,17,18)(H,19,20)/t8?,10-,11+/m0/s1. The van der Waals surface area contributed by atoms with E-state index in [1.807, 2.05) is 6.92 Å². The molecule has 0 bridgehead atoms. The molecule has 1 aromatic carbocycles. The van der Waals surface area contributed by atoms with Crippen molar-refractivity contribution in [3.8, 4) is 5.75 Å². The van der Waals surface area contributed by atoms with Crippen LogP contribution in [-0.4, -0.2) is 24.1 Å². The molecule has 1 aromatic rings. The van der Waals surface area contributed by atoms with Crippen molar-refractivity contribution in [2.24, 2.45) is 17.8 Å². The molecule has 21 heavy (non-hydrogen) atoms. The summed E-state index contributed by atoms with van der Waals surface area (Å²) in [5.74, 6) is -1.54. The molecule has 6 heteroatoms. The third-order valence-corrected chi connectivity index (χ3v) is 4.17. The molecule has 114 valence electrons. The summed E-state index contributed by atoms with van der Waals surface area (Å²) >= 11 is 6.00. The number of carbonyl (C=O) groups is 2. The summed E-state index contributed by atoms with van der Waals surface area (Å²) in [5, 5.41) is 12.3. The van der Waals surface area contributed by atoms with Gasteiger partial charge in [0.2, 0.25) is 5.91 Å². The quantitative estimate of drug-likeness (QED) is 0.896. The summed E-state index contributed by atoms with van der Waals surface area (Å²) in [7, 11) is 1.51. The second kappa shape index (κ2) is 6.35. The van der Waals surface area contributed by atoms with E-state index in [1.54, 1.807) is 18.2 Å². The summed E-state index contributed by atoms with van der Waals surface area (Å²) in [6.45, 7) is 1.97. The van der Waals surface area contributed by atoms with Crippen LogP contribution in [0.2, 0.25) is 5.02 Å². The van der Waals surface area contributed by atoms with E-state index in [4.69, 9.17) is 16.3 Å². The van der Waals surface area contributed by atoms with Gasteiger partial charge in [0, 0.05) is 5.69 Å². The first-order valence-corrected chi connectivity index (χ1v) is 7.17. The fraction of sp³-hybridized carbons (Fsp3) is 0.467. The molecule has 2 N–H and O–H groups in total. The van der Waals surface area contributed by atoms with Crippen molar-refractivity contribution in [1.82, 2.24) is 0 Å². The molecule has 0 aliphatic heterocycles. The molecule has 5 nitrogen and oxygen atoms in total. The SMILES string of the molecule is COc1ccc(NC(=O)[C@H]2CC(C)C[C@H]2C(=O)O)cc1Cl. The number of rotatable bonds is 4. The molecular weight excluding hydrogens is 294 g/mol. The Balaban J connectivity index is 2.10. The fourth-order valence-corrected chi connectivity index (χ4v) is 3.09. The number of amides is 1. The van der Waals surface area contributed by atoms with Crippen molar-refractivity contribution >= 4 is 29.2 Å². The molecule has 0 aromatic heterocycles. The predicted octanol–water partition coefficient (Wildman–Crippen LogP) is 3.03. The molecule has 0 radical (unpaired) electrons. The minimum absolute atomic E-state index is 0.237. The normalized spacial score (nSPS) is 24.6. The molecule has 1 fully saturated rings. The Morgan fingerprint density at radius 2 is 2.00 bits per heavy atom. The largest absolute Gasteiger partial charge is 0.495 e. The van der Waals surface area contributed by atoms with Crippen LogP contribution in [0.25, 0.3) is 0 Å². The molecule has 1 unspecified atom stereocenters. The molecule has 0 saturated heterocycles. The van der Waals surface area contributed by atoms with E-state index >= 15 is 0 Å². The van der Waals surface area contributed by atoms with Crippen LogP contribution in [0.5, 0.6) is 5.75 Å². The minimum Gasteiger partial charge on any atom is -0.495 e. The Labute approximate surface area is 128 Å². The van der Waals surface area contributed by atoms with Crippen LogP contribution < -0.4 is 10.1 Å². The van der Waals surface area contributed by atoms with Gasteiger partial charge in [0.1, 0.15) is 5.75 Å². The third kappa shape index (κ3) is 3.47. The number of halogens is 1. The van der Waals surface area contributed by atoms with E-state index in [-0.39, 0.29) is 11.8 Å². The second-order valence-corrected chi connectivity index (χ2v) is 5.87. The van der Waals surface area contributed by atoms with Crippen LogP contribution in [0, 0.1) is 17.8 Å². The Hall–Kier alpha value is -1.75. The lowest BCUT2D eigenvalue weighted by Crippen LogP contribution is -2.29. The van der Waals surface area contributed by atoms with Crippen LogP contribution in [0.3, 0.4) is 0 Å². The number of hydrogen-bond acceptors (Lipinski definition) is 3. The number of nitrogens with one attached hydrogen (secondary N) is 1. The van der Waals surface area contributed by atoms with Gasteiger partial charge in [-0.3, -0.25) is 9.59 Å². The molecule has 0 heterocycles. The summed E-state index contributed by atoms with van der Waals surface area (Å²) in [4.78, 5) is 23.5. The highest BCUT2D eigenvalue weighted by Gasteiger charge is 2.41. The van der Waals surface area contributed by atoms with Crippen molar-refractivity contribution in [1.29, 1.82) is 0 Å². The zero-order valence-corrected chi connectivity index (χ0v) is 12.7. The molecule has 1 aliphatic rings. The topological polar surface area (TPSA) is 75.6 Å². The molecule has 3 atom stereocenters. The van der Waals surface area contributed by atoms with Crippen molar-refractivity contribution in [2.45, 2.75) is 19.8 Å². The smallest absolute Gasteiger partial charge is 0.307 e. The molecule has 1 aliphatic carbocycles. The molecule has 1 saturated carbocycles. The van der Waals surface area contributed by atoms with E-state index in [0.29, 0.717) is 29.3 Å². The van der Waals surface area contributed by atoms with Gasteiger partial charge in [0.05, 0.1) is 24.0 Å². The molecular formula is C15H18ClNO4. The number of carbonyl (C=O) groups excluding carboxylic acids is 1. The monoisotopic (exact) mass is 311 g/mol. The Kier molecular flexibility index (Phi) is 4.73. The number of aliphatic carboxylic acids is 1. The Bertz CT molecular complexity index is 561. The van der Waals surface area contributed by atoms with Crippen molar-refractivity contribution < 1.29 is 19.4 Å². The number of methoxy groups -OCH3 is 1. The Morgan fingerprint density at radius 3 is 2.57 bits per heavy atom. The van der Waals surface area contributed by atoms with Crippen LogP contribution in [-0.2, 0) is 9.59 Å². The lowest BCUT2D eigenvalue weighted by atomic mass is 9.95. The van der Waals surface area contributed by atoms with Gasteiger partial charge in [0.15, 0.2) is 0 Å². The van der Waals surface area contributed by atoms with Crippen molar-refractivity contribution in [3.63, 3.8) is 0 Å². The van der Waals surface area contributed by atoms with Gasteiger partial charge in [-0.05, 0) is 37.0 Å². The first-order chi connectivity index (χ1) is 9.92. The maximum atomic E-state index is 12.3. The first kappa shape index (κ1) is 15.6. The number of carboxylic acid groups (broad SMARTS) is 1. The van der Waals surface area contributed by atoms with Gasteiger partial charge < -0.3 is 15.2 Å². The lowest BCUT2D eigenvalue weighted by molar-refractivity contribution is -0.145. The van der Waals surface area contributed by atoms with E-state index in [1.165, 1.54) is 7.11 Å². The average Bonchev–Trinajstić information content (AvgIpc) is 2.81. The number of ether oxygens (including phenoxy) is 1. The summed E-state index contributed by atoms with van der Waals surface area (Å²) in [6, 6.07) is 4.92. The van der Waals surface area contributed by atoms with Gasteiger partial charge in [0.25, 0.3) is 0 Å². The van der Waals surface area contributed by atoms with Crippen molar-refractivity contribution in [3.05, 3.63) is 23.2 Å². The number of hydrogen-bond donors (Lipinski definition) is 2. The zero-order chi connectivity index (χ0) is 15.6. The van der Waals surface area contributed by atoms with E-state index < -0.39 is 17.8 Å². The van der Waals surface area contributed by atoms with Gasteiger partial charge in [-0.15, -0.1) is 0 Å². The minimum atomic E-state index is -0.910. The average molecular weight is 312 g/mol. The van der Waals surface area contributed by atoms with Gasteiger partial charge in [-0.2, -0.15) is 0 Å². The Morgan fingerprint density at radius 1 is 1.33 bits per heavy atom. The van der Waals surface area contributed by atoms with Crippen molar-refractivity contribution in [2.75, 3.05) is 12.4 Å².